The van der Waals surface area contributed by atoms with Crippen molar-refractivity contribution in [2.45, 2.75) is 38.1 Å². The molecule has 1 aromatic rings. The number of rotatable bonds is 3. The topological polar surface area (TPSA) is 15.3 Å². The van der Waals surface area contributed by atoms with E-state index in [0.717, 1.165) is 19.0 Å². The Morgan fingerprint density at radius 1 is 1.10 bits per heavy atom. The number of hydrogen-bond acceptors (Lipinski definition) is 3. The van der Waals surface area contributed by atoms with E-state index in [0.29, 0.717) is 6.04 Å². The summed E-state index contributed by atoms with van der Waals surface area (Å²) in [5, 5.41) is 8.10. The molecule has 1 unspecified atom stereocenters. The minimum absolute atomic E-state index is 0. The summed E-state index contributed by atoms with van der Waals surface area (Å²) in [6.07, 6.45) is 7.21. The van der Waals surface area contributed by atoms with Gasteiger partial charge in [0, 0.05) is 32.2 Å². The van der Waals surface area contributed by atoms with E-state index in [2.05, 4.69) is 27.0 Å². The predicted octanol–water partition coefficient (Wildman–Crippen LogP) is 4.12. The van der Waals surface area contributed by atoms with Crippen LogP contribution in [0.3, 0.4) is 0 Å². The largest absolute Gasteiger partial charge is 0.314 e. The maximum atomic E-state index is 3.48. The zero-order valence-corrected chi connectivity index (χ0v) is 14.4. The second kappa shape index (κ2) is 9.26. The molecule has 0 aromatic carbocycles. The van der Waals surface area contributed by atoms with Crippen molar-refractivity contribution in [3.05, 3.63) is 22.4 Å². The average Bonchev–Trinajstić information content (AvgIpc) is 2.95. The zero-order chi connectivity index (χ0) is 12.2. The molecule has 2 fully saturated rings. The molecule has 1 aliphatic heterocycles. The molecule has 0 amide bonds. The molecule has 1 N–H and O–H groups in total. The van der Waals surface area contributed by atoms with E-state index in [1.807, 2.05) is 11.3 Å². The molecule has 0 radical (unpaired) electrons. The third-order valence-corrected chi connectivity index (χ3v) is 5.23. The van der Waals surface area contributed by atoms with Crippen LogP contribution in [-0.4, -0.2) is 31.1 Å². The van der Waals surface area contributed by atoms with Crippen molar-refractivity contribution in [3.63, 3.8) is 0 Å². The Bertz CT molecular complexity index is 329. The summed E-state index contributed by atoms with van der Waals surface area (Å²) >= 11 is 1.85. The fourth-order valence-corrected chi connectivity index (χ4v) is 4.32. The van der Waals surface area contributed by atoms with E-state index in [1.54, 1.807) is 5.56 Å². The average molecular weight is 337 g/mol. The van der Waals surface area contributed by atoms with Gasteiger partial charge in [-0.15, -0.1) is 24.8 Å². The molecule has 2 aliphatic rings. The Kier molecular flexibility index (Phi) is 8.45. The van der Waals surface area contributed by atoms with Crippen LogP contribution in [0, 0.1) is 5.92 Å². The predicted molar refractivity (Wildman–Crippen MR) is 92.6 cm³/mol. The van der Waals surface area contributed by atoms with E-state index in [9.17, 15) is 0 Å². The van der Waals surface area contributed by atoms with Crippen molar-refractivity contribution < 1.29 is 0 Å². The first-order valence-electron chi connectivity index (χ1n) is 7.42. The number of piperazine rings is 1. The molecule has 116 valence electrons. The van der Waals surface area contributed by atoms with Crippen molar-refractivity contribution in [1.29, 1.82) is 0 Å². The van der Waals surface area contributed by atoms with Crippen LogP contribution in [0.5, 0.6) is 0 Å². The van der Waals surface area contributed by atoms with Crippen LogP contribution in [0.2, 0.25) is 0 Å². The molecular formula is C15H26Cl2N2S. The zero-order valence-electron chi connectivity index (χ0n) is 11.9. The van der Waals surface area contributed by atoms with E-state index >= 15 is 0 Å². The Labute approximate surface area is 139 Å². The molecule has 2 nitrogen and oxygen atoms in total. The lowest BCUT2D eigenvalue weighted by Crippen LogP contribution is -2.47. The number of hydrogen-bond donors (Lipinski definition) is 1. The van der Waals surface area contributed by atoms with E-state index in [-0.39, 0.29) is 24.8 Å². The third kappa shape index (κ3) is 4.35. The Balaban J connectivity index is 0.000001000. The van der Waals surface area contributed by atoms with Gasteiger partial charge in [0.2, 0.25) is 0 Å². The lowest BCUT2D eigenvalue weighted by molar-refractivity contribution is 0.104. The van der Waals surface area contributed by atoms with Gasteiger partial charge >= 0.3 is 0 Å². The van der Waals surface area contributed by atoms with Gasteiger partial charge in [-0.3, -0.25) is 4.90 Å². The molecule has 2 heterocycles. The molecule has 1 aliphatic carbocycles. The molecule has 1 atom stereocenters. The van der Waals surface area contributed by atoms with Gasteiger partial charge in [0.15, 0.2) is 0 Å². The van der Waals surface area contributed by atoms with Crippen LogP contribution in [0.15, 0.2) is 16.8 Å². The molecular weight excluding hydrogens is 311 g/mol. The quantitative estimate of drug-likeness (QED) is 0.893. The normalized spacial score (nSPS) is 22.6. The Hall–Kier alpha value is 0.200. The number of nitrogens with one attached hydrogen (secondary N) is 1. The van der Waals surface area contributed by atoms with Crippen molar-refractivity contribution in [3.8, 4) is 0 Å². The minimum atomic E-state index is 0. The van der Waals surface area contributed by atoms with Gasteiger partial charge in [-0.1, -0.05) is 19.3 Å². The minimum Gasteiger partial charge on any atom is -0.314 e. The van der Waals surface area contributed by atoms with Crippen LogP contribution in [-0.2, 0) is 0 Å². The second-order valence-electron chi connectivity index (χ2n) is 5.69. The van der Waals surface area contributed by atoms with Crippen LogP contribution >= 0.6 is 36.2 Å². The fraction of sp³-hybridized carbons (Fsp3) is 0.733. The maximum absolute atomic E-state index is 3.48. The summed E-state index contributed by atoms with van der Waals surface area (Å²) in [6, 6.07) is 3.05. The van der Waals surface area contributed by atoms with Gasteiger partial charge in [0.25, 0.3) is 0 Å². The number of thiophene rings is 1. The van der Waals surface area contributed by atoms with Crippen LogP contribution in [0.25, 0.3) is 0 Å². The highest BCUT2D eigenvalue weighted by atomic mass is 35.5. The molecule has 20 heavy (non-hydrogen) atoms. The second-order valence-corrected chi connectivity index (χ2v) is 6.47. The summed E-state index contributed by atoms with van der Waals surface area (Å²) < 4.78 is 0. The molecule has 1 saturated heterocycles. The first-order chi connectivity index (χ1) is 8.95. The van der Waals surface area contributed by atoms with Gasteiger partial charge in [0.05, 0.1) is 0 Å². The van der Waals surface area contributed by atoms with E-state index in [1.165, 1.54) is 45.2 Å². The van der Waals surface area contributed by atoms with Crippen molar-refractivity contribution in [1.82, 2.24) is 10.2 Å². The smallest absolute Gasteiger partial charge is 0.0385 e. The fourth-order valence-electron chi connectivity index (χ4n) is 3.63. The molecule has 5 heteroatoms. The first-order valence-corrected chi connectivity index (χ1v) is 8.36. The number of nitrogens with zero attached hydrogens (tertiary/aromatic N) is 1. The van der Waals surface area contributed by atoms with Gasteiger partial charge in [-0.25, -0.2) is 0 Å². The lowest BCUT2D eigenvalue weighted by atomic mass is 9.81. The Morgan fingerprint density at radius 2 is 1.80 bits per heavy atom. The van der Waals surface area contributed by atoms with Crippen molar-refractivity contribution in [2.75, 3.05) is 26.2 Å². The molecule has 0 spiro atoms. The van der Waals surface area contributed by atoms with Crippen molar-refractivity contribution in [2.24, 2.45) is 5.92 Å². The first kappa shape index (κ1) is 18.2. The SMILES string of the molecule is Cl.Cl.c1cc(C(C2CCCCC2)N2CCNCC2)cs1. The third-order valence-electron chi connectivity index (χ3n) is 4.53. The maximum Gasteiger partial charge on any atom is 0.0385 e. The molecule has 0 bridgehead atoms. The molecule has 1 saturated carbocycles. The van der Waals surface area contributed by atoms with Gasteiger partial charge in [-0.05, 0) is 41.1 Å². The highest BCUT2D eigenvalue weighted by molar-refractivity contribution is 7.07. The molecule has 1 aromatic heterocycles. The van der Waals surface area contributed by atoms with Crippen LogP contribution in [0.1, 0.15) is 43.7 Å². The summed E-state index contributed by atoms with van der Waals surface area (Å²) in [7, 11) is 0. The highest BCUT2D eigenvalue weighted by Crippen LogP contribution is 2.39. The lowest BCUT2D eigenvalue weighted by Gasteiger charge is -2.40. The van der Waals surface area contributed by atoms with E-state index < -0.39 is 0 Å². The summed E-state index contributed by atoms with van der Waals surface area (Å²) in [5.74, 6) is 0.895. The van der Waals surface area contributed by atoms with Crippen molar-refractivity contribution >= 4 is 36.2 Å². The summed E-state index contributed by atoms with van der Waals surface area (Å²) in [5.41, 5.74) is 1.58. The monoisotopic (exact) mass is 336 g/mol. The van der Waals surface area contributed by atoms with Crippen LogP contribution < -0.4 is 5.32 Å². The number of halogens is 2. The van der Waals surface area contributed by atoms with Gasteiger partial charge < -0.3 is 5.32 Å². The molecule has 3 rings (SSSR count). The summed E-state index contributed by atoms with van der Waals surface area (Å²) in [4.78, 5) is 2.73. The highest BCUT2D eigenvalue weighted by Gasteiger charge is 2.30. The van der Waals surface area contributed by atoms with Gasteiger partial charge in [-0.2, -0.15) is 11.3 Å². The van der Waals surface area contributed by atoms with E-state index in [4.69, 9.17) is 0 Å². The standard InChI is InChI=1S/C15H24N2S.2ClH/c1-2-4-13(5-3-1)15(14-6-11-18-12-14)17-9-7-16-8-10-17;;/h6,11-13,15-16H,1-5,7-10H2;2*1H. The van der Waals surface area contributed by atoms with Crippen LogP contribution in [0.4, 0.5) is 0 Å². The summed E-state index contributed by atoms with van der Waals surface area (Å²) in [6.45, 7) is 4.76. The van der Waals surface area contributed by atoms with Gasteiger partial charge in [0.1, 0.15) is 0 Å². The Morgan fingerprint density at radius 3 is 2.40 bits per heavy atom.